The minimum atomic E-state index is -0.324. The normalized spacial score (nSPS) is 10.4. The van der Waals surface area contributed by atoms with Gasteiger partial charge in [0.05, 0.1) is 5.56 Å². The Morgan fingerprint density at radius 3 is 2.85 bits per heavy atom. The molecule has 0 saturated carbocycles. The Morgan fingerprint density at radius 1 is 1.35 bits per heavy atom. The van der Waals surface area contributed by atoms with Crippen LogP contribution in [-0.4, -0.2) is 5.91 Å². The zero-order valence-corrected chi connectivity index (χ0v) is 12.4. The molecule has 20 heavy (non-hydrogen) atoms. The highest BCUT2D eigenvalue weighted by Gasteiger charge is 2.06. The zero-order valence-electron chi connectivity index (χ0n) is 10.1. The van der Waals surface area contributed by atoms with E-state index >= 15 is 0 Å². The molecule has 0 unspecified atom stereocenters. The van der Waals surface area contributed by atoms with Crippen LogP contribution in [0.1, 0.15) is 11.1 Å². The van der Waals surface area contributed by atoms with Crippen molar-refractivity contribution in [1.29, 1.82) is 5.26 Å². The van der Waals surface area contributed by atoms with Crippen LogP contribution in [0.15, 0.2) is 35.7 Å². The van der Waals surface area contributed by atoms with E-state index in [4.69, 9.17) is 28.5 Å². The fourth-order valence-corrected chi connectivity index (χ4v) is 2.66. The van der Waals surface area contributed by atoms with E-state index in [-0.39, 0.29) is 5.91 Å². The van der Waals surface area contributed by atoms with E-state index in [0.29, 0.717) is 26.2 Å². The van der Waals surface area contributed by atoms with Gasteiger partial charge in [-0.2, -0.15) is 5.26 Å². The third kappa shape index (κ3) is 3.61. The van der Waals surface area contributed by atoms with Gasteiger partial charge in [-0.3, -0.25) is 4.79 Å². The van der Waals surface area contributed by atoms with Crippen LogP contribution in [0.3, 0.4) is 0 Å². The SMILES string of the molecule is N#Cc1ccsc1NC(=O)/C=C/c1ccc(Cl)cc1Cl. The summed E-state index contributed by atoms with van der Waals surface area (Å²) in [6.07, 6.45) is 2.95. The number of amides is 1. The molecule has 0 bridgehead atoms. The maximum Gasteiger partial charge on any atom is 0.249 e. The van der Waals surface area contributed by atoms with Gasteiger partial charge in [-0.1, -0.05) is 29.3 Å². The van der Waals surface area contributed by atoms with Crippen LogP contribution in [0.25, 0.3) is 6.08 Å². The van der Waals surface area contributed by atoms with Crippen LogP contribution in [-0.2, 0) is 4.79 Å². The first-order chi connectivity index (χ1) is 9.60. The predicted octanol–water partition coefficient (Wildman–Crippen LogP) is 4.58. The number of hydrogen-bond donors (Lipinski definition) is 1. The summed E-state index contributed by atoms with van der Waals surface area (Å²) in [4.78, 5) is 11.8. The second-order valence-corrected chi connectivity index (χ2v) is 5.52. The van der Waals surface area contributed by atoms with Crippen molar-refractivity contribution in [3.05, 3.63) is 56.9 Å². The lowest BCUT2D eigenvalue weighted by Crippen LogP contribution is -2.07. The van der Waals surface area contributed by atoms with E-state index in [1.54, 1.807) is 35.7 Å². The van der Waals surface area contributed by atoms with Gasteiger partial charge in [0, 0.05) is 16.1 Å². The number of thiophene rings is 1. The van der Waals surface area contributed by atoms with Crippen molar-refractivity contribution in [3.8, 4) is 6.07 Å². The molecule has 1 amide bonds. The molecule has 1 N–H and O–H groups in total. The summed E-state index contributed by atoms with van der Waals surface area (Å²) >= 11 is 13.1. The van der Waals surface area contributed by atoms with Crippen molar-refractivity contribution in [2.24, 2.45) is 0 Å². The van der Waals surface area contributed by atoms with Crippen molar-refractivity contribution < 1.29 is 4.79 Å². The van der Waals surface area contributed by atoms with Crippen molar-refractivity contribution >= 4 is 51.5 Å². The molecule has 0 aliphatic carbocycles. The first kappa shape index (κ1) is 14.6. The van der Waals surface area contributed by atoms with Gasteiger partial charge in [0.1, 0.15) is 11.1 Å². The maximum atomic E-state index is 11.8. The molecule has 6 heteroatoms. The van der Waals surface area contributed by atoms with Gasteiger partial charge in [-0.15, -0.1) is 11.3 Å². The lowest BCUT2D eigenvalue weighted by atomic mass is 10.2. The van der Waals surface area contributed by atoms with Gasteiger partial charge in [0.2, 0.25) is 5.91 Å². The van der Waals surface area contributed by atoms with E-state index in [1.165, 1.54) is 17.4 Å². The third-order valence-corrected chi connectivity index (χ3v) is 3.79. The number of carbonyl (C=O) groups excluding carboxylic acids is 1. The average molecular weight is 323 g/mol. The van der Waals surface area contributed by atoms with Crippen LogP contribution in [0, 0.1) is 11.3 Å². The number of benzene rings is 1. The number of nitrogens with zero attached hydrogens (tertiary/aromatic N) is 1. The van der Waals surface area contributed by atoms with Gasteiger partial charge in [0.25, 0.3) is 0 Å². The minimum absolute atomic E-state index is 0.324. The Balaban J connectivity index is 2.08. The summed E-state index contributed by atoms with van der Waals surface area (Å²) < 4.78 is 0. The molecule has 2 rings (SSSR count). The molecule has 0 fully saturated rings. The van der Waals surface area contributed by atoms with E-state index < -0.39 is 0 Å². The summed E-state index contributed by atoms with van der Waals surface area (Å²) in [5, 5.41) is 14.8. The average Bonchev–Trinajstić information content (AvgIpc) is 2.85. The zero-order chi connectivity index (χ0) is 14.5. The number of carbonyl (C=O) groups is 1. The van der Waals surface area contributed by atoms with Crippen molar-refractivity contribution in [2.45, 2.75) is 0 Å². The van der Waals surface area contributed by atoms with E-state index in [1.807, 2.05) is 6.07 Å². The molecule has 3 nitrogen and oxygen atoms in total. The molecule has 0 radical (unpaired) electrons. The molecule has 2 aromatic rings. The molecular weight excluding hydrogens is 315 g/mol. The molecular formula is C14H8Cl2N2OS. The highest BCUT2D eigenvalue weighted by atomic mass is 35.5. The van der Waals surface area contributed by atoms with Gasteiger partial charge < -0.3 is 5.32 Å². The summed E-state index contributed by atoms with van der Waals surface area (Å²) in [6.45, 7) is 0. The van der Waals surface area contributed by atoms with Gasteiger partial charge in [-0.25, -0.2) is 0 Å². The number of rotatable bonds is 3. The fraction of sp³-hybridized carbons (Fsp3) is 0. The van der Waals surface area contributed by atoms with Crippen molar-refractivity contribution in [3.63, 3.8) is 0 Å². The number of nitriles is 1. The lowest BCUT2D eigenvalue weighted by Gasteiger charge is -2.00. The Bertz CT molecular complexity index is 716. The monoisotopic (exact) mass is 322 g/mol. The first-order valence-electron chi connectivity index (χ1n) is 5.52. The maximum absolute atomic E-state index is 11.8. The van der Waals surface area contributed by atoms with Gasteiger partial charge >= 0.3 is 0 Å². The second kappa shape index (κ2) is 6.58. The molecule has 100 valence electrons. The number of anilines is 1. The van der Waals surface area contributed by atoms with Crippen LogP contribution < -0.4 is 5.32 Å². The third-order valence-electron chi connectivity index (χ3n) is 2.40. The van der Waals surface area contributed by atoms with Crippen molar-refractivity contribution in [1.82, 2.24) is 0 Å². The quantitative estimate of drug-likeness (QED) is 0.841. The standard InChI is InChI=1S/C14H8Cl2N2OS/c15-11-3-1-9(12(16)7-11)2-4-13(19)18-14-10(8-17)5-6-20-14/h1-7H,(H,18,19)/b4-2+. The lowest BCUT2D eigenvalue weighted by molar-refractivity contribution is -0.111. The molecule has 1 heterocycles. The summed E-state index contributed by atoms with van der Waals surface area (Å²) in [6, 6.07) is 8.68. The van der Waals surface area contributed by atoms with Crippen LogP contribution in [0.4, 0.5) is 5.00 Å². The topological polar surface area (TPSA) is 52.9 Å². The highest BCUT2D eigenvalue weighted by Crippen LogP contribution is 2.23. The van der Waals surface area contributed by atoms with Crippen LogP contribution >= 0.6 is 34.5 Å². The van der Waals surface area contributed by atoms with E-state index in [0.717, 1.165) is 0 Å². The Kier molecular flexibility index (Phi) is 4.80. The minimum Gasteiger partial charge on any atom is -0.313 e. The van der Waals surface area contributed by atoms with Crippen LogP contribution in [0.2, 0.25) is 10.0 Å². The first-order valence-corrected chi connectivity index (χ1v) is 7.15. The van der Waals surface area contributed by atoms with Crippen molar-refractivity contribution in [2.75, 3.05) is 5.32 Å². The number of halogens is 2. The molecule has 0 saturated heterocycles. The second-order valence-electron chi connectivity index (χ2n) is 3.76. The van der Waals surface area contributed by atoms with E-state index in [2.05, 4.69) is 5.32 Å². The predicted molar refractivity (Wildman–Crippen MR) is 83.2 cm³/mol. The molecule has 0 atom stereocenters. The molecule has 0 aliphatic rings. The van der Waals surface area contributed by atoms with E-state index in [9.17, 15) is 4.79 Å². The molecule has 0 spiro atoms. The molecule has 1 aromatic heterocycles. The van der Waals surface area contributed by atoms with Gasteiger partial charge in [0.15, 0.2) is 0 Å². The smallest absolute Gasteiger partial charge is 0.249 e. The Labute approximate surface area is 130 Å². The largest absolute Gasteiger partial charge is 0.313 e. The Hall–Kier alpha value is -1.80. The number of hydrogen-bond acceptors (Lipinski definition) is 3. The van der Waals surface area contributed by atoms with Crippen LogP contribution in [0.5, 0.6) is 0 Å². The van der Waals surface area contributed by atoms with Gasteiger partial charge in [-0.05, 0) is 35.2 Å². The fourth-order valence-electron chi connectivity index (χ4n) is 1.45. The molecule has 0 aliphatic heterocycles. The summed E-state index contributed by atoms with van der Waals surface area (Å²) in [7, 11) is 0. The number of nitrogens with one attached hydrogen (secondary N) is 1. The molecule has 1 aromatic carbocycles. The summed E-state index contributed by atoms with van der Waals surface area (Å²) in [5.74, 6) is -0.324. The highest BCUT2D eigenvalue weighted by molar-refractivity contribution is 7.14. The Morgan fingerprint density at radius 2 is 2.15 bits per heavy atom. The summed E-state index contributed by atoms with van der Waals surface area (Å²) in [5.41, 5.74) is 1.14.